The quantitative estimate of drug-likeness (QED) is 0.495. The van der Waals surface area contributed by atoms with E-state index in [9.17, 15) is 18.0 Å². The van der Waals surface area contributed by atoms with Gasteiger partial charge in [0.25, 0.3) is 0 Å². The van der Waals surface area contributed by atoms with Gasteiger partial charge in [-0.3, -0.25) is 14.4 Å². The van der Waals surface area contributed by atoms with Crippen LogP contribution in [0.15, 0.2) is 53.4 Å². The highest BCUT2D eigenvalue weighted by Crippen LogP contribution is 2.34. The Bertz CT molecular complexity index is 1210. The van der Waals surface area contributed by atoms with Crippen LogP contribution >= 0.6 is 0 Å². The number of carbonyl (C=O) groups excluding carboxylic acids is 2. The fourth-order valence-corrected chi connectivity index (χ4v) is 5.13. The van der Waals surface area contributed by atoms with E-state index in [-0.39, 0.29) is 23.9 Å². The molecule has 2 N–H and O–H groups in total. The van der Waals surface area contributed by atoms with Gasteiger partial charge in [-0.2, -0.15) is 15.0 Å². The minimum absolute atomic E-state index is 0.00830. The van der Waals surface area contributed by atoms with Crippen LogP contribution in [0.25, 0.3) is 0 Å². The first-order valence-electron chi connectivity index (χ1n) is 11.0. The zero-order valence-electron chi connectivity index (χ0n) is 19.7. The van der Waals surface area contributed by atoms with Crippen molar-refractivity contribution in [3.05, 3.63) is 65.2 Å². The van der Waals surface area contributed by atoms with E-state index in [4.69, 9.17) is 14.8 Å². The zero-order valence-corrected chi connectivity index (χ0v) is 20.5. The summed E-state index contributed by atoms with van der Waals surface area (Å²) in [5, 5.41) is 13.2. The third-order valence-electron chi connectivity index (χ3n) is 5.66. The third-order valence-corrected chi connectivity index (χ3v) is 7.13. The number of nitrogens with zero attached hydrogens (tertiary/aromatic N) is 2. The summed E-state index contributed by atoms with van der Waals surface area (Å²) in [6, 6.07) is 14.1. The fraction of sp³-hybridized carbons (Fsp3) is 0.375. The van der Waals surface area contributed by atoms with E-state index < -0.39 is 34.0 Å². The predicted molar refractivity (Wildman–Crippen MR) is 126 cm³/mol. The van der Waals surface area contributed by atoms with Crippen molar-refractivity contribution in [1.29, 1.82) is 5.26 Å². The Morgan fingerprint density at radius 3 is 2.60 bits per heavy atom. The molecule has 3 atom stereocenters. The number of carbonyl (C=O) groups is 2. The first-order chi connectivity index (χ1) is 16.6. The van der Waals surface area contributed by atoms with Gasteiger partial charge in [-0.1, -0.05) is 24.3 Å². The average Bonchev–Trinajstić information content (AvgIpc) is 3.20. The maximum absolute atomic E-state index is 12.7. The molecule has 0 bridgehead atoms. The highest BCUT2D eigenvalue weighted by Gasteiger charge is 2.34. The second-order valence-corrected chi connectivity index (χ2v) is 9.99. The van der Waals surface area contributed by atoms with Crippen LogP contribution in [0.1, 0.15) is 35.6 Å². The minimum atomic E-state index is -4.01. The summed E-state index contributed by atoms with van der Waals surface area (Å²) >= 11 is 0. The summed E-state index contributed by atoms with van der Waals surface area (Å²) in [6.07, 6.45) is 0.174. The highest BCUT2D eigenvalue weighted by atomic mass is 32.2. The Balaban J connectivity index is 1.58. The Labute approximate surface area is 204 Å². The summed E-state index contributed by atoms with van der Waals surface area (Å²) in [5.74, 6) is -1.22. The number of nitrogens with one attached hydrogen (secondary N) is 2. The SMILES string of the molecule is COC(=O)[C@H](CNC(=O)C[C@H]1C[C@@H](c2ccc(C#N)cc2)N(C)O1)NS(=O)(=O)c1cccc(C)c1. The fourth-order valence-electron chi connectivity index (χ4n) is 3.84. The van der Waals surface area contributed by atoms with Crippen LogP contribution < -0.4 is 10.0 Å². The summed E-state index contributed by atoms with van der Waals surface area (Å²) in [6.45, 7) is 1.48. The van der Waals surface area contributed by atoms with E-state index in [2.05, 4.69) is 16.1 Å². The molecule has 1 heterocycles. The van der Waals surface area contributed by atoms with Gasteiger partial charge in [0.05, 0.1) is 42.2 Å². The van der Waals surface area contributed by atoms with Crippen molar-refractivity contribution in [1.82, 2.24) is 15.1 Å². The molecule has 1 aliphatic heterocycles. The standard InChI is InChI=1S/C24H28N4O6S/c1-16-5-4-6-20(11-16)35(31,32)27-21(24(30)33-3)15-26-23(29)13-19-12-22(28(2)34-19)18-9-7-17(14-25)8-10-18/h4-11,19,21-22,27H,12-13,15H2,1-3H3,(H,26,29)/t19-,21+,22+/m1/s1. The van der Waals surface area contributed by atoms with Crippen LogP contribution in [0.3, 0.4) is 0 Å². The number of sulfonamides is 1. The second-order valence-electron chi connectivity index (χ2n) is 8.28. The molecular formula is C24H28N4O6S. The van der Waals surface area contributed by atoms with Gasteiger partial charge in [-0.15, -0.1) is 0 Å². The van der Waals surface area contributed by atoms with E-state index in [1.807, 2.05) is 12.1 Å². The normalized spacial score (nSPS) is 19.0. The van der Waals surface area contributed by atoms with E-state index >= 15 is 0 Å². The van der Waals surface area contributed by atoms with E-state index in [1.165, 1.54) is 12.1 Å². The molecule has 0 aromatic heterocycles. The van der Waals surface area contributed by atoms with Crippen LogP contribution in [-0.4, -0.2) is 58.2 Å². The Kier molecular flexibility index (Phi) is 8.58. The number of hydrogen-bond acceptors (Lipinski definition) is 8. The Hall–Kier alpha value is -3.30. The van der Waals surface area contributed by atoms with Crippen LogP contribution in [0.5, 0.6) is 0 Å². The minimum Gasteiger partial charge on any atom is -0.468 e. The van der Waals surface area contributed by atoms with Crippen molar-refractivity contribution >= 4 is 21.9 Å². The lowest BCUT2D eigenvalue weighted by Gasteiger charge is -2.18. The molecule has 10 nitrogen and oxygen atoms in total. The molecule has 1 fully saturated rings. The molecule has 11 heteroatoms. The number of hydroxylamine groups is 2. The molecule has 0 saturated carbocycles. The smallest absolute Gasteiger partial charge is 0.325 e. The van der Waals surface area contributed by atoms with Crippen LogP contribution in [0, 0.1) is 18.3 Å². The summed E-state index contributed by atoms with van der Waals surface area (Å²) in [7, 11) is -1.10. The van der Waals surface area contributed by atoms with Gasteiger partial charge in [-0.25, -0.2) is 8.42 Å². The molecule has 2 aromatic carbocycles. The Morgan fingerprint density at radius 1 is 1.26 bits per heavy atom. The first-order valence-corrected chi connectivity index (χ1v) is 12.4. The molecule has 0 unspecified atom stereocenters. The third kappa shape index (κ3) is 6.86. The monoisotopic (exact) mass is 500 g/mol. The molecule has 2 aromatic rings. The number of amides is 1. The maximum Gasteiger partial charge on any atom is 0.325 e. The average molecular weight is 501 g/mol. The number of esters is 1. The summed E-state index contributed by atoms with van der Waals surface area (Å²) in [4.78, 5) is 30.5. The molecule has 3 rings (SSSR count). The number of hydrogen-bond donors (Lipinski definition) is 2. The van der Waals surface area contributed by atoms with Gasteiger partial charge in [0, 0.05) is 13.6 Å². The number of aryl methyl sites for hydroxylation is 1. The molecule has 1 aliphatic rings. The van der Waals surface area contributed by atoms with E-state index in [0.29, 0.717) is 12.0 Å². The molecule has 0 spiro atoms. The van der Waals surface area contributed by atoms with Crippen LogP contribution in [0.2, 0.25) is 0 Å². The van der Waals surface area contributed by atoms with E-state index in [1.54, 1.807) is 43.3 Å². The van der Waals surface area contributed by atoms with Gasteiger partial charge in [0.2, 0.25) is 15.9 Å². The molecule has 0 radical (unpaired) electrons. The lowest BCUT2D eigenvalue weighted by atomic mass is 9.99. The predicted octanol–water partition coefficient (Wildman–Crippen LogP) is 1.57. The highest BCUT2D eigenvalue weighted by molar-refractivity contribution is 7.89. The summed E-state index contributed by atoms with van der Waals surface area (Å²) < 4.78 is 32.4. The first kappa shape index (κ1) is 26.3. The number of ether oxygens (including phenoxy) is 1. The van der Waals surface area contributed by atoms with Gasteiger partial charge in [0.15, 0.2) is 0 Å². The maximum atomic E-state index is 12.7. The summed E-state index contributed by atoms with van der Waals surface area (Å²) in [5.41, 5.74) is 2.27. The van der Waals surface area contributed by atoms with Crippen LogP contribution in [0.4, 0.5) is 0 Å². The number of benzene rings is 2. The molecule has 1 amide bonds. The van der Waals surface area contributed by atoms with Crippen molar-refractivity contribution in [2.45, 2.75) is 42.8 Å². The zero-order chi connectivity index (χ0) is 25.6. The lowest BCUT2D eigenvalue weighted by Crippen LogP contribution is -2.49. The lowest BCUT2D eigenvalue weighted by molar-refractivity contribution is -0.152. The number of rotatable bonds is 9. The van der Waals surface area contributed by atoms with Gasteiger partial charge < -0.3 is 10.1 Å². The molecule has 186 valence electrons. The molecule has 35 heavy (non-hydrogen) atoms. The van der Waals surface area contributed by atoms with Crippen molar-refractivity contribution < 1.29 is 27.6 Å². The van der Waals surface area contributed by atoms with Crippen molar-refractivity contribution in [3.63, 3.8) is 0 Å². The number of methoxy groups -OCH3 is 1. The topological polar surface area (TPSA) is 138 Å². The van der Waals surface area contributed by atoms with Gasteiger partial charge in [0.1, 0.15) is 6.04 Å². The van der Waals surface area contributed by atoms with Crippen molar-refractivity contribution in [3.8, 4) is 6.07 Å². The number of nitriles is 1. The van der Waals surface area contributed by atoms with Gasteiger partial charge >= 0.3 is 5.97 Å². The van der Waals surface area contributed by atoms with Crippen LogP contribution in [-0.2, 0) is 29.2 Å². The van der Waals surface area contributed by atoms with Crippen molar-refractivity contribution in [2.75, 3.05) is 20.7 Å². The largest absolute Gasteiger partial charge is 0.468 e. The van der Waals surface area contributed by atoms with E-state index in [0.717, 1.165) is 18.2 Å². The molecular weight excluding hydrogens is 472 g/mol. The second kappa shape index (κ2) is 11.4. The molecule has 1 saturated heterocycles. The molecule has 0 aliphatic carbocycles. The van der Waals surface area contributed by atoms with Gasteiger partial charge in [-0.05, 0) is 48.7 Å². The Morgan fingerprint density at radius 2 is 1.97 bits per heavy atom. The van der Waals surface area contributed by atoms with Crippen molar-refractivity contribution in [2.24, 2.45) is 0 Å².